The van der Waals surface area contributed by atoms with Crippen molar-refractivity contribution in [2.45, 2.75) is 35.4 Å². The second-order valence-electron chi connectivity index (χ2n) is 4.97. The Kier molecular flexibility index (Phi) is 4.82. The lowest BCUT2D eigenvalue weighted by Gasteiger charge is -2.15. The van der Waals surface area contributed by atoms with Gasteiger partial charge in [-0.05, 0) is 50.8 Å². The molecule has 0 aliphatic heterocycles. The van der Waals surface area contributed by atoms with Gasteiger partial charge >= 0.3 is 0 Å². The Balaban J connectivity index is 2.10. The fraction of sp³-hybridized carbons (Fsp3) is 0.538. The summed E-state index contributed by atoms with van der Waals surface area (Å²) < 4.78 is 25.8. The third-order valence-corrected chi connectivity index (χ3v) is 6.24. The van der Waals surface area contributed by atoms with E-state index in [0.717, 1.165) is 18.5 Å². The summed E-state index contributed by atoms with van der Waals surface area (Å²) in [5.41, 5.74) is 6.99. The van der Waals surface area contributed by atoms with E-state index in [-0.39, 0.29) is 10.6 Å². The van der Waals surface area contributed by atoms with E-state index in [9.17, 15) is 8.42 Å². The molecule has 1 aromatic carbocycles. The van der Waals surface area contributed by atoms with E-state index >= 15 is 0 Å². The van der Waals surface area contributed by atoms with Crippen molar-refractivity contribution in [3.05, 3.63) is 18.2 Å². The molecule has 4 N–H and O–H groups in total. The maximum absolute atomic E-state index is 11.7. The van der Waals surface area contributed by atoms with Crippen LogP contribution in [0.4, 0.5) is 11.4 Å². The van der Waals surface area contributed by atoms with Crippen LogP contribution in [0.2, 0.25) is 0 Å². The summed E-state index contributed by atoms with van der Waals surface area (Å²) in [4.78, 5) is 0.124. The van der Waals surface area contributed by atoms with Crippen molar-refractivity contribution >= 4 is 33.2 Å². The normalized spacial score (nSPS) is 22.9. The van der Waals surface area contributed by atoms with Crippen molar-refractivity contribution in [2.75, 3.05) is 24.4 Å². The minimum Gasteiger partial charge on any atom is -0.398 e. The number of nitrogen functional groups attached to an aromatic ring is 1. The van der Waals surface area contributed by atoms with Crippen molar-refractivity contribution in [2.24, 2.45) is 0 Å². The third-order valence-electron chi connectivity index (χ3n) is 3.66. The van der Waals surface area contributed by atoms with Gasteiger partial charge in [0.25, 0.3) is 0 Å². The highest BCUT2D eigenvalue weighted by Crippen LogP contribution is 2.31. The SMILES string of the molecule is CNS(=O)(=O)c1ccc(NC2CCC(SC)C2)cc1N. The summed E-state index contributed by atoms with van der Waals surface area (Å²) >= 11 is 1.91. The van der Waals surface area contributed by atoms with Crippen LogP contribution in [0.15, 0.2) is 23.1 Å². The number of nitrogens with one attached hydrogen (secondary N) is 2. The van der Waals surface area contributed by atoms with Gasteiger partial charge in [-0.3, -0.25) is 0 Å². The molecule has 5 nitrogen and oxygen atoms in total. The van der Waals surface area contributed by atoms with Crippen LogP contribution in [0.1, 0.15) is 19.3 Å². The summed E-state index contributed by atoms with van der Waals surface area (Å²) in [5, 5.41) is 4.15. The van der Waals surface area contributed by atoms with Crippen LogP contribution >= 0.6 is 11.8 Å². The molecule has 0 spiro atoms. The van der Waals surface area contributed by atoms with E-state index < -0.39 is 10.0 Å². The fourth-order valence-corrected chi connectivity index (χ4v) is 4.15. The van der Waals surface area contributed by atoms with Gasteiger partial charge in [0.15, 0.2) is 0 Å². The monoisotopic (exact) mass is 315 g/mol. The Labute approximate surface area is 124 Å². The Morgan fingerprint density at radius 3 is 2.65 bits per heavy atom. The van der Waals surface area contributed by atoms with Crippen LogP contribution in [-0.4, -0.2) is 33.0 Å². The van der Waals surface area contributed by atoms with Gasteiger partial charge in [0.05, 0.1) is 5.69 Å². The molecule has 0 radical (unpaired) electrons. The van der Waals surface area contributed by atoms with Crippen LogP contribution in [0.25, 0.3) is 0 Å². The standard InChI is InChI=1S/C13H21N3O2S2/c1-15-20(17,18)13-6-4-10(8-12(13)14)16-9-3-5-11(7-9)19-2/h4,6,8-9,11,15-16H,3,5,7,14H2,1-2H3. The molecule has 1 aliphatic carbocycles. The summed E-state index contributed by atoms with van der Waals surface area (Å²) in [7, 11) is -2.11. The molecular formula is C13H21N3O2S2. The zero-order valence-corrected chi connectivity index (χ0v) is 13.4. The first kappa shape index (κ1) is 15.5. The van der Waals surface area contributed by atoms with Gasteiger partial charge in [0.2, 0.25) is 10.0 Å². The molecule has 1 saturated carbocycles. The Morgan fingerprint density at radius 2 is 2.10 bits per heavy atom. The average Bonchev–Trinajstić information content (AvgIpc) is 2.86. The van der Waals surface area contributed by atoms with E-state index in [1.165, 1.54) is 13.5 Å². The Hall–Kier alpha value is -0.920. The first-order chi connectivity index (χ1) is 9.46. The van der Waals surface area contributed by atoms with Gasteiger partial charge in [0.1, 0.15) is 4.90 Å². The maximum atomic E-state index is 11.7. The number of anilines is 2. The zero-order chi connectivity index (χ0) is 14.8. The van der Waals surface area contributed by atoms with Gasteiger partial charge in [-0.2, -0.15) is 11.8 Å². The first-order valence-corrected chi connectivity index (χ1v) is 9.35. The van der Waals surface area contributed by atoms with Crippen molar-refractivity contribution in [1.82, 2.24) is 4.72 Å². The summed E-state index contributed by atoms with van der Waals surface area (Å²) in [6.07, 6.45) is 5.64. The van der Waals surface area contributed by atoms with Crippen molar-refractivity contribution in [3.63, 3.8) is 0 Å². The van der Waals surface area contributed by atoms with Crippen LogP contribution in [-0.2, 0) is 10.0 Å². The average molecular weight is 315 g/mol. The Morgan fingerprint density at radius 1 is 1.35 bits per heavy atom. The van der Waals surface area contributed by atoms with Gasteiger partial charge in [0, 0.05) is 17.0 Å². The molecule has 1 aliphatic rings. The third kappa shape index (κ3) is 3.39. The molecule has 0 amide bonds. The molecule has 2 unspecified atom stereocenters. The second-order valence-corrected chi connectivity index (χ2v) is 7.97. The van der Waals surface area contributed by atoms with Crippen LogP contribution in [0, 0.1) is 0 Å². The molecular weight excluding hydrogens is 294 g/mol. The van der Waals surface area contributed by atoms with Gasteiger partial charge in [-0.25, -0.2) is 13.1 Å². The highest BCUT2D eigenvalue weighted by atomic mass is 32.2. The molecule has 2 rings (SSSR count). The first-order valence-electron chi connectivity index (χ1n) is 6.58. The van der Waals surface area contributed by atoms with Crippen LogP contribution in [0.3, 0.4) is 0 Å². The predicted molar refractivity (Wildman–Crippen MR) is 85.7 cm³/mol. The number of sulfonamides is 1. The van der Waals surface area contributed by atoms with Gasteiger partial charge in [-0.15, -0.1) is 0 Å². The van der Waals surface area contributed by atoms with Crippen molar-refractivity contribution in [1.29, 1.82) is 0 Å². The van der Waals surface area contributed by atoms with Crippen LogP contribution in [0.5, 0.6) is 0 Å². The number of thioether (sulfide) groups is 1. The topological polar surface area (TPSA) is 84.2 Å². The quantitative estimate of drug-likeness (QED) is 0.723. The lowest BCUT2D eigenvalue weighted by atomic mass is 10.2. The predicted octanol–water partition coefficient (Wildman–Crippen LogP) is 1.87. The highest BCUT2D eigenvalue weighted by molar-refractivity contribution is 7.99. The number of hydrogen-bond acceptors (Lipinski definition) is 5. The minimum absolute atomic E-state index is 0.124. The molecule has 0 bridgehead atoms. The summed E-state index contributed by atoms with van der Waals surface area (Å²) in [5.74, 6) is 0. The molecule has 112 valence electrons. The molecule has 1 fully saturated rings. The van der Waals surface area contributed by atoms with Crippen molar-refractivity contribution in [3.8, 4) is 0 Å². The molecule has 1 aromatic rings. The number of rotatable bonds is 5. The van der Waals surface area contributed by atoms with E-state index in [0.29, 0.717) is 11.3 Å². The molecule has 7 heteroatoms. The Bertz CT molecular complexity index is 575. The number of benzene rings is 1. The molecule has 20 heavy (non-hydrogen) atoms. The highest BCUT2D eigenvalue weighted by Gasteiger charge is 2.24. The van der Waals surface area contributed by atoms with Crippen LogP contribution < -0.4 is 15.8 Å². The fourth-order valence-electron chi connectivity index (χ4n) is 2.51. The van der Waals surface area contributed by atoms with Crippen molar-refractivity contribution < 1.29 is 8.42 Å². The smallest absolute Gasteiger partial charge is 0.242 e. The van der Waals surface area contributed by atoms with Gasteiger partial charge < -0.3 is 11.1 Å². The lowest BCUT2D eigenvalue weighted by molar-refractivity contribution is 0.588. The molecule has 0 heterocycles. The largest absolute Gasteiger partial charge is 0.398 e. The van der Waals surface area contributed by atoms with Gasteiger partial charge in [-0.1, -0.05) is 0 Å². The number of hydrogen-bond donors (Lipinski definition) is 3. The minimum atomic E-state index is -3.49. The second kappa shape index (κ2) is 6.24. The zero-order valence-electron chi connectivity index (χ0n) is 11.7. The summed E-state index contributed by atoms with van der Waals surface area (Å²) in [6.45, 7) is 0. The van der Waals surface area contributed by atoms with E-state index in [4.69, 9.17) is 5.73 Å². The lowest BCUT2D eigenvalue weighted by Crippen LogP contribution is -2.20. The summed E-state index contributed by atoms with van der Waals surface area (Å²) in [6, 6.07) is 5.45. The molecule has 2 atom stereocenters. The maximum Gasteiger partial charge on any atom is 0.242 e. The van der Waals surface area contributed by atoms with E-state index in [1.807, 2.05) is 11.8 Å². The number of nitrogens with two attached hydrogens (primary N) is 1. The molecule has 0 aromatic heterocycles. The van der Waals surface area contributed by atoms with E-state index in [2.05, 4.69) is 16.3 Å². The molecule has 0 saturated heterocycles. The van der Waals surface area contributed by atoms with E-state index in [1.54, 1.807) is 18.2 Å².